The van der Waals surface area contributed by atoms with Crippen LogP contribution in [0.3, 0.4) is 0 Å². The standard InChI is InChI=1S/C14H22N.BrH/c1-5-11-15(4,12-13(2)3)14-9-7-6-8-10-14;/h5-10,13H,1,11-12H2,2-4H3;1H/q+1;/p-1. The van der Waals surface area contributed by atoms with Crippen LogP contribution in [-0.2, 0) is 0 Å². The Morgan fingerprint density at radius 1 is 1.25 bits per heavy atom. The molecule has 0 aromatic heterocycles. The monoisotopic (exact) mass is 283 g/mol. The molecule has 90 valence electrons. The van der Waals surface area contributed by atoms with E-state index < -0.39 is 0 Å². The van der Waals surface area contributed by atoms with Gasteiger partial charge in [-0.3, -0.25) is 4.48 Å². The van der Waals surface area contributed by atoms with E-state index in [1.165, 1.54) is 5.69 Å². The van der Waals surface area contributed by atoms with Crippen LogP contribution < -0.4 is 21.5 Å². The van der Waals surface area contributed by atoms with E-state index in [4.69, 9.17) is 0 Å². The highest BCUT2D eigenvalue weighted by atomic mass is 79.9. The number of hydrogen-bond donors (Lipinski definition) is 0. The van der Waals surface area contributed by atoms with E-state index in [0.29, 0.717) is 5.92 Å². The first-order chi connectivity index (χ1) is 7.08. The van der Waals surface area contributed by atoms with Crippen molar-refractivity contribution in [1.29, 1.82) is 0 Å². The second kappa shape index (κ2) is 6.87. The maximum Gasteiger partial charge on any atom is 0.132 e. The van der Waals surface area contributed by atoms with Crippen molar-refractivity contribution in [3.63, 3.8) is 0 Å². The van der Waals surface area contributed by atoms with E-state index in [0.717, 1.165) is 17.6 Å². The Bertz CT molecular complexity index is 308. The second-order valence-electron chi connectivity index (χ2n) is 4.78. The van der Waals surface area contributed by atoms with Crippen molar-refractivity contribution in [2.45, 2.75) is 13.8 Å². The van der Waals surface area contributed by atoms with Gasteiger partial charge in [0.15, 0.2) is 0 Å². The molecule has 1 nitrogen and oxygen atoms in total. The molecule has 0 radical (unpaired) electrons. The van der Waals surface area contributed by atoms with Crippen molar-refractivity contribution in [1.82, 2.24) is 4.48 Å². The third-order valence-electron chi connectivity index (χ3n) is 2.68. The predicted molar refractivity (Wildman–Crippen MR) is 68.9 cm³/mol. The molecule has 0 fully saturated rings. The normalized spacial score (nSPS) is 14.0. The highest BCUT2D eigenvalue weighted by Crippen LogP contribution is 2.22. The molecule has 0 heterocycles. The maximum absolute atomic E-state index is 3.86. The average molecular weight is 284 g/mol. The summed E-state index contributed by atoms with van der Waals surface area (Å²) in [6.45, 7) is 10.5. The lowest BCUT2D eigenvalue weighted by Gasteiger charge is -2.34. The van der Waals surface area contributed by atoms with Crippen LogP contribution in [0.1, 0.15) is 13.8 Å². The number of para-hydroxylation sites is 1. The Hall–Kier alpha value is -0.600. The van der Waals surface area contributed by atoms with Gasteiger partial charge in [0.1, 0.15) is 12.2 Å². The summed E-state index contributed by atoms with van der Waals surface area (Å²) in [6.07, 6.45) is 2.01. The van der Waals surface area contributed by atoms with Gasteiger partial charge in [0, 0.05) is 5.92 Å². The molecule has 0 aliphatic heterocycles. The highest BCUT2D eigenvalue weighted by Gasteiger charge is 2.24. The van der Waals surface area contributed by atoms with Gasteiger partial charge in [0.05, 0.1) is 13.6 Å². The van der Waals surface area contributed by atoms with Crippen LogP contribution in [0.25, 0.3) is 0 Å². The van der Waals surface area contributed by atoms with Crippen LogP contribution in [-0.4, -0.2) is 20.1 Å². The number of quaternary nitrogens is 1. The van der Waals surface area contributed by atoms with Crippen LogP contribution in [0, 0.1) is 5.92 Å². The van der Waals surface area contributed by atoms with Crippen LogP contribution in [0.15, 0.2) is 43.0 Å². The third-order valence-corrected chi connectivity index (χ3v) is 2.68. The molecule has 0 saturated carbocycles. The molecule has 0 aliphatic rings. The van der Waals surface area contributed by atoms with Gasteiger partial charge < -0.3 is 17.0 Å². The molecule has 1 aromatic carbocycles. The Morgan fingerprint density at radius 3 is 2.25 bits per heavy atom. The van der Waals surface area contributed by atoms with E-state index in [9.17, 15) is 0 Å². The summed E-state index contributed by atoms with van der Waals surface area (Å²) in [7, 11) is 2.27. The Morgan fingerprint density at radius 2 is 1.81 bits per heavy atom. The zero-order chi connectivity index (χ0) is 11.3. The molecule has 0 spiro atoms. The van der Waals surface area contributed by atoms with Gasteiger partial charge in [0.2, 0.25) is 0 Å². The zero-order valence-electron chi connectivity index (χ0n) is 10.5. The van der Waals surface area contributed by atoms with Crippen molar-refractivity contribution in [3.8, 4) is 0 Å². The molecule has 0 aliphatic carbocycles. The van der Waals surface area contributed by atoms with Gasteiger partial charge in [-0.2, -0.15) is 0 Å². The molecule has 16 heavy (non-hydrogen) atoms. The number of benzene rings is 1. The molecule has 2 heteroatoms. The fraction of sp³-hybridized carbons (Fsp3) is 0.429. The molecule has 1 unspecified atom stereocenters. The largest absolute Gasteiger partial charge is 1.00 e. The molecular weight excluding hydrogens is 262 g/mol. The molecule has 0 bridgehead atoms. The summed E-state index contributed by atoms with van der Waals surface area (Å²) < 4.78 is 0.946. The first kappa shape index (κ1) is 15.4. The molecule has 0 N–H and O–H groups in total. The van der Waals surface area contributed by atoms with Crippen molar-refractivity contribution in [2.75, 3.05) is 20.1 Å². The lowest BCUT2D eigenvalue weighted by Crippen LogP contribution is -3.00. The summed E-state index contributed by atoms with van der Waals surface area (Å²) in [5.74, 6) is 0.690. The van der Waals surface area contributed by atoms with E-state index in [2.05, 4.69) is 57.8 Å². The predicted octanol–water partition coefficient (Wildman–Crippen LogP) is 0.470. The molecule has 0 saturated heterocycles. The smallest absolute Gasteiger partial charge is 0.132 e. The summed E-state index contributed by atoms with van der Waals surface area (Å²) in [6, 6.07) is 10.7. The highest BCUT2D eigenvalue weighted by molar-refractivity contribution is 5.42. The van der Waals surface area contributed by atoms with Crippen LogP contribution in [0.2, 0.25) is 0 Å². The molecule has 0 amide bonds. The van der Waals surface area contributed by atoms with Gasteiger partial charge in [-0.1, -0.05) is 38.6 Å². The Labute approximate surface area is 110 Å². The molecule has 1 aromatic rings. The van der Waals surface area contributed by atoms with Gasteiger partial charge in [-0.15, -0.1) is 0 Å². The van der Waals surface area contributed by atoms with Crippen molar-refractivity contribution >= 4 is 5.69 Å². The van der Waals surface area contributed by atoms with Crippen LogP contribution in [0.5, 0.6) is 0 Å². The number of rotatable bonds is 5. The topological polar surface area (TPSA) is 0 Å². The van der Waals surface area contributed by atoms with Crippen LogP contribution in [0.4, 0.5) is 5.69 Å². The SMILES string of the molecule is C=CC[N+](C)(CC(C)C)c1ccccc1.[Br-]. The maximum atomic E-state index is 3.86. The quantitative estimate of drug-likeness (QED) is 0.545. The minimum absolute atomic E-state index is 0. The van der Waals surface area contributed by atoms with Crippen molar-refractivity contribution in [2.24, 2.45) is 5.92 Å². The van der Waals surface area contributed by atoms with Crippen molar-refractivity contribution in [3.05, 3.63) is 43.0 Å². The van der Waals surface area contributed by atoms with Gasteiger partial charge >= 0.3 is 0 Å². The lowest BCUT2D eigenvalue weighted by atomic mass is 10.1. The average Bonchev–Trinajstić information content (AvgIpc) is 2.18. The number of hydrogen-bond acceptors (Lipinski definition) is 0. The van der Waals surface area contributed by atoms with E-state index in [1.807, 2.05) is 6.08 Å². The van der Waals surface area contributed by atoms with Gasteiger partial charge in [0.25, 0.3) is 0 Å². The summed E-state index contributed by atoms with van der Waals surface area (Å²) in [4.78, 5) is 0. The molecular formula is C14H22BrN. The number of nitrogens with zero attached hydrogens (tertiary/aromatic N) is 1. The van der Waals surface area contributed by atoms with E-state index in [1.54, 1.807) is 0 Å². The second-order valence-corrected chi connectivity index (χ2v) is 4.78. The van der Waals surface area contributed by atoms with Gasteiger partial charge in [-0.05, 0) is 18.2 Å². The number of halogens is 1. The summed E-state index contributed by atoms with van der Waals surface area (Å²) >= 11 is 0. The van der Waals surface area contributed by atoms with Crippen molar-refractivity contribution < 1.29 is 17.0 Å². The fourth-order valence-electron chi connectivity index (χ4n) is 2.16. The Balaban J connectivity index is 0.00000225. The molecule has 1 rings (SSSR count). The lowest BCUT2D eigenvalue weighted by molar-refractivity contribution is -0.00000352. The first-order valence-corrected chi connectivity index (χ1v) is 5.59. The van der Waals surface area contributed by atoms with E-state index in [-0.39, 0.29) is 17.0 Å². The van der Waals surface area contributed by atoms with Crippen LogP contribution >= 0.6 is 0 Å². The number of likely N-dealkylation sites (N-methyl/N-ethyl adjacent to an activating group) is 1. The minimum atomic E-state index is 0. The zero-order valence-corrected chi connectivity index (χ0v) is 12.1. The Kier molecular flexibility index (Phi) is 6.61. The molecule has 1 atom stereocenters. The third kappa shape index (κ3) is 4.11. The summed E-state index contributed by atoms with van der Waals surface area (Å²) in [5, 5.41) is 0. The first-order valence-electron chi connectivity index (χ1n) is 5.59. The summed E-state index contributed by atoms with van der Waals surface area (Å²) in [5.41, 5.74) is 1.37. The van der Waals surface area contributed by atoms with E-state index >= 15 is 0 Å². The fourth-order valence-corrected chi connectivity index (χ4v) is 2.16. The van der Waals surface area contributed by atoms with Gasteiger partial charge in [-0.25, -0.2) is 0 Å². The minimum Gasteiger partial charge on any atom is -1.00 e.